The number of pyridine rings is 1. The predicted molar refractivity (Wildman–Crippen MR) is 97.7 cm³/mol. The minimum atomic E-state index is -3.60. The number of hydrogen-bond donors (Lipinski definition) is 0. The highest BCUT2D eigenvalue weighted by atomic mass is 32.2. The molecule has 0 spiro atoms. The lowest BCUT2D eigenvalue weighted by atomic mass is 9.96. The lowest BCUT2D eigenvalue weighted by Gasteiger charge is -2.11. The lowest BCUT2D eigenvalue weighted by Crippen LogP contribution is -2.01. The summed E-state index contributed by atoms with van der Waals surface area (Å²) >= 11 is 0. The van der Waals surface area contributed by atoms with Crippen molar-refractivity contribution in [3.8, 4) is 22.4 Å². The summed E-state index contributed by atoms with van der Waals surface area (Å²) in [4.78, 5) is 4.09. The third-order valence-corrected chi connectivity index (χ3v) is 5.36. The van der Waals surface area contributed by atoms with Crippen LogP contribution in [0.3, 0.4) is 0 Å². The molecule has 0 saturated carbocycles. The number of hydrogen-bond acceptors (Lipinski definition) is 3. The standard InChI is InChI=1S/C20H18FNO2S/c1-13-6-7-15(11-14(13)2)17-5-4-10-22-20(17)16-8-9-19(18(21)12-16)25(3,23)24/h4-12H,1-3H3. The third kappa shape index (κ3) is 3.46. The molecule has 5 heteroatoms. The van der Waals surface area contributed by atoms with E-state index in [0.717, 1.165) is 22.9 Å². The summed E-state index contributed by atoms with van der Waals surface area (Å²) in [6.07, 6.45) is 2.63. The highest BCUT2D eigenvalue weighted by Gasteiger charge is 2.16. The molecule has 0 atom stereocenters. The zero-order valence-corrected chi connectivity index (χ0v) is 15.1. The van der Waals surface area contributed by atoms with E-state index in [1.54, 1.807) is 12.3 Å². The van der Waals surface area contributed by atoms with E-state index in [1.165, 1.54) is 17.7 Å². The molecule has 0 radical (unpaired) electrons. The van der Waals surface area contributed by atoms with Crippen molar-refractivity contribution in [1.82, 2.24) is 4.98 Å². The molecule has 3 aromatic rings. The molecule has 0 fully saturated rings. The van der Waals surface area contributed by atoms with Gasteiger partial charge in [0.05, 0.1) is 5.69 Å². The van der Waals surface area contributed by atoms with Gasteiger partial charge in [-0.1, -0.05) is 30.3 Å². The molecule has 0 unspecified atom stereocenters. The number of aromatic nitrogens is 1. The molecule has 0 amide bonds. The maximum atomic E-state index is 14.3. The third-order valence-electron chi connectivity index (χ3n) is 4.23. The molecule has 0 aliphatic carbocycles. The Hall–Kier alpha value is -2.53. The van der Waals surface area contributed by atoms with Gasteiger partial charge in [0.15, 0.2) is 9.84 Å². The highest BCUT2D eigenvalue weighted by Crippen LogP contribution is 2.32. The van der Waals surface area contributed by atoms with Crippen LogP contribution < -0.4 is 0 Å². The van der Waals surface area contributed by atoms with Gasteiger partial charge in [-0.25, -0.2) is 12.8 Å². The molecule has 1 heterocycles. The van der Waals surface area contributed by atoms with Crippen molar-refractivity contribution in [2.24, 2.45) is 0 Å². The Balaban J connectivity index is 2.16. The first-order valence-corrected chi connectivity index (χ1v) is 9.69. The fraction of sp³-hybridized carbons (Fsp3) is 0.150. The van der Waals surface area contributed by atoms with E-state index >= 15 is 0 Å². The van der Waals surface area contributed by atoms with Gasteiger partial charge in [0.2, 0.25) is 0 Å². The smallest absolute Gasteiger partial charge is 0.178 e. The molecule has 3 nitrogen and oxygen atoms in total. The van der Waals surface area contributed by atoms with Gasteiger partial charge < -0.3 is 0 Å². The summed E-state index contributed by atoms with van der Waals surface area (Å²) in [7, 11) is -3.60. The molecule has 25 heavy (non-hydrogen) atoms. The van der Waals surface area contributed by atoms with Gasteiger partial charge in [0, 0.05) is 23.6 Å². The van der Waals surface area contributed by atoms with Gasteiger partial charge in [0.1, 0.15) is 10.7 Å². The second-order valence-corrected chi connectivity index (χ2v) is 8.10. The fourth-order valence-corrected chi connectivity index (χ4v) is 3.45. The van der Waals surface area contributed by atoms with Gasteiger partial charge >= 0.3 is 0 Å². The maximum absolute atomic E-state index is 14.3. The largest absolute Gasteiger partial charge is 0.256 e. The summed E-state index contributed by atoms with van der Waals surface area (Å²) in [5, 5.41) is 0. The molecule has 2 aromatic carbocycles. The van der Waals surface area contributed by atoms with Crippen molar-refractivity contribution in [3.63, 3.8) is 0 Å². The topological polar surface area (TPSA) is 47.0 Å². The van der Waals surface area contributed by atoms with Crippen LogP contribution in [0.2, 0.25) is 0 Å². The second kappa shape index (κ2) is 6.41. The molecule has 3 rings (SSSR count). The molecular weight excluding hydrogens is 337 g/mol. The normalized spacial score (nSPS) is 11.5. The Labute approximate surface area is 147 Å². The Morgan fingerprint density at radius 2 is 1.64 bits per heavy atom. The van der Waals surface area contributed by atoms with Crippen LogP contribution in [0.15, 0.2) is 59.6 Å². The summed E-state index contributed by atoms with van der Waals surface area (Å²) in [6.45, 7) is 4.08. The summed E-state index contributed by atoms with van der Waals surface area (Å²) in [6, 6.07) is 14.0. The monoisotopic (exact) mass is 355 g/mol. The number of halogens is 1. The Morgan fingerprint density at radius 3 is 2.28 bits per heavy atom. The van der Waals surface area contributed by atoms with Crippen molar-refractivity contribution < 1.29 is 12.8 Å². The van der Waals surface area contributed by atoms with Crippen molar-refractivity contribution in [3.05, 3.63) is 71.7 Å². The minimum absolute atomic E-state index is 0.306. The predicted octanol–water partition coefficient (Wildman–Crippen LogP) is 4.58. The van der Waals surface area contributed by atoms with E-state index in [4.69, 9.17) is 0 Å². The molecule has 0 N–H and O–H groups in total. The summed E-state index contributed by atoms with van der Waals surface area (Å²) in [5.74, 6) is -0.767. The highest BCUT2D eigenvalue weighted by molar-refractivity contribution is 7.90. The van der Waals surface area contributed by atoms with Gasteiger partial charge in [-0.15, -0.1) is 0 Å². The zero-order valence-electron chi connectivity index (χ0n) is 14.2. The Bertz CT molecular complexity index is 1060. The van der Waals surface area contributed by atoms with E-state index in [1.807, 2.05) is 38.1 Å². The minimum Gasteiger partial charge on any atom is -0.256 e. The second-order valence-electron chi connectivity index (χ2n) is 6.12. The first kappa shape index (κ1) is 17.3. The van der Waals surface area contributed by atoms with E-state index in [9.17, 15) is 12.8 Å². The van der Waals surface area contributed by atoms with E-state index in [0.29, 0.717) is 11.3 Å². The molecule has 0 bridgehead atoms. The first-order chi connectivity index (χ1) is 11.8. The summed E-state index contributed by atoms with van der Waals surface area (Å²) in [5.41, 5.74) is 5.36. The van der Waals surface area contributed by atoms with Gasteiger partial charge in [-0.2, -0.15) is 0 Å². The molecule has 0 aliphatic heterocycles. The average Bonchev–Trinajstić information content (AvgIpc) is 2.56. The summed E-state index contributed by atoms with van der Waals surface area (Å²) < 4.78 is 37.5. The van der Waals surface area contributed by atoms with Crippen LogP contribution in [0.1, 0.15) is 11.1 Å². The Kier molecular flexibility index (Phi) is 4.43. The van der Waals surface area contributed by atoms with Gasteiger partial charge in [-0.05, 0) is 48.7 Å². The van der Waals surface area contributed by atoms with Crippen LogP contribution >= 0.6 is 0 Å². The quantitative estimate of drug-likeness (QED) is 0.691. The molecule has 0 aliphatic rings. The molecule has 1 aromatic heterocycles. The number of aryl methyl sites for hydroxylation is 2. The van der Waals surface area contributed by atoms with Crippen molar-refractivity contribution in [2.75, 3.05) is 6.26 Å². The number of benzene rings is 2. The van der Waals surface area contributed by atoms with Crippen LogP contribution in [-0.4, -0.2) is 19.7 Å². The van der Waals surface area contributed by atoms with Crippen LogP contribution in [0.5, 0.6) is 0 Å². The average molecular weight is 355 g/mol. The number of sulfone groups is 1. The number of nitrogens with zero attached hydrogens (tertiary/aromatic N) is 1. The maximum Gasteiger partial charge on any atom is 0.178 e. The van der Waals surface area contributed by atoms with E-state index in [-0.39, 0.29) is 4.90 Å². The first-order valence-electron chi connectivity index (χ1n) is 7.80. The van der Waals surface area contributed by atoms with Crippen LogP contribution in [0.4, 0.5) is 4.39 Å². The van der Waals surface area contributed by atoms with Crippen molar-refractivity contribution >= 4 is 9.84 Å². The molecule has 0 saturated heterocycles. The Morgan fingerprint density at radius 1 is 0.920 bits per heavy atom. The van der Waals surface area contributed by atoms with Crippen LogP contribution in [-0.2, 0) is 9.84 Å². The number of rotatable bonds is 3. The van der Waals surface area contributed by atoms with Crippen molar-refractivity contribution in [2.45, 2.75) is 18.7 Å². The molecular formula is C20H18FNO2S. The molecule has 128 valence electrons. The van der Waals surface area contributed by atoms with Crippen LogP contribution in [0.25, 0.3) is 22.4 Å². The fourth-order valence-electron chi connectivity index (χ4n) is 2.73. The van der Waals surface area contributed by atoms with E-state index in [2.05, 4.69) is 11.1 Å². The van der Waals surface area contributed by atoms with Gasteiger partial charge in [-0.3, -0.25) is 4.98 Å². The van der Waals surface area contributed by atoms with Crippen molar-refractivity contribution in [1.29, 1.82) is 0 Å². The van der Waals surface area contributed by atoms with Crippen LogP contribution in [0, 0.1) is 19.7 Å². The van der Waals surface area contributed by atoms with E-state index < -0.39 is 15.7 Å². The SMILES string of the molecule is Cc1ccc(-c2cccnc2-c2ccc(S(C)(=O)=O)c(F)c2)cc1C. The lowest BCUT2D eigenvalue weighted by molar-refractivity contribution is 0.571. The zero-order chi connectivity index (χ0) is 18.2. The van der Waals surface area contributed by atoms with Gasteiger partial charge in [0.25, 0.3) is 0 Å².